The molecule has 4 aromatic rings. The first kappa shape index (κ1) is 16.0. The van der Waals surface area contributed by atoms with Crippen molar-refractivity contribution in [2.75, 3.05) is 0 Å². The molecule has 3 aromatic carbocycles. The van der Waals surface area contributed by atoms with E-state index in [-0.39, 0.29) is 6.04 Å². The van der Waals surface area contributed by atoms with E-state index in [1.54, 1.807) is 11.3 Å². The molecule has 0 aliphatic heterocycles. The number of para-hydroxylation sites is 1. The fourth-order valence-electron chi connectivity index (χ4n) is 3.05. The van der Waals surface area contributed by atoms with Crippen molar-refractivity contribution in [1.29, 1.82) is 0 Å². The highest BCUT2D eigenvalue weighted by Crippen LogP contribution is 2.23. The van der Waals surface area contributed by atoms with Gasteiger partial charge in [0.05, 0.1) is 10.2 Å². The van der Waals surface area contributed by atoms with Crippen LogP contribution in [-0.4, -0.2) is 4.98 Å². The second kappa shape index (κ2) is 7.60. The van der Waals surface area contributed by atoms with E-state index in [4.69, 9.17) is 4.98 Å². The van der Waals surface area contributed by atoms with Crippen LogP contribution in [0.3, 0.4) is 0 Å². The summed E-state index contributed by atoms with van der Waals surface area (Å²) in [6.07, 6.45) is 0.968. The molecule has 0 fully saturated rings. The molecule has 2 nitrogen and oxygen atoms in total. The molecule has 0 aliphatic carbocycles. The maximum Gasteiger partial charge on any atom is 0.108 e. The number of thiazole rings is 1. The SMILES string of the molecule is c1ccc(CC(NCc2nc3ccccc3s2)c2ccccc2)cc1. The molecule has 0 aliphatic rings. The number of hydrogen-bond donors (Lipinski definition) is 1. The third-order valence-corrected chi connectivity index (χ3v) is 5.36. The third-order valence-electron chi connectivity index (χ3n) is 4.32. The van der Waals surface area contributed by atoms with Crippen LogP contribution >= 0.6 is 11.3 Å². The second-order valence-electron chi connectivity index (χ2n) is 6.11. The lowest BCUT2D eigenvalue weighted by Crippen LogP contribution is -2.22. The normalized spacial score (nSPS) is 12.3. The molecule has 0 spiro atoms. The molecule has 1 atom stereocenters. The van der Waals surface area contributed by atoms with E-state index in [0.717, 1.165) is 23.5 Å². The van der Waals surface area contributed by atoms with Crippen LogP contribution in [-0.2, 0) is 13.0 Å². The van der Waals surface area contributed by atoms with Crippen molar-refractivity contribution in [2.24, 2.45) is 0 Å². The first-order valence-corrected chi connectivity index (χ1v) is 9.37. The maximum absolute atomic E-state index is 4.74. The summed E-state index contributed by atoms with van der Waals surface area (Å²) < 4.78 is 1.25. The number of hydrogen-bond acceptors (Lipinski definition) is 3. The first-order chi connectivity index (χ1) is 12.4. The van der Waals surface area contributed by atoms with Crippen molar-refractivity contribution >= 4 is 21.6 Å². The molecule has 3 heteroatoms. The van der Waals surface area contributed by atoms with Crippen LogP contribution < -0.4 is 5.32 Å². The minimum Gasteiger partial charge on any atom is -0.303 e. The van der Waals surface area contributed by atoms with Gasteiger partial charge in [-0.2, -0.15) is 0 Å². The molecule has 0 saturated carbocycles. The van der Waals surface area contributed by atoms with E-state index >= 15 is 0 Å². The Morgan fingerprint density at radius 3 is 2.24 bits per heavy atom. The van der Waals surface area contributed by atoms with Gasteiger partial charge in [-0.3, -0.25) is 0 Å². The molecular formula is C22H20N2S. The fraction of sp³-hybridized carbons (Fsp3) is 0.136. The van der Waals surface area contributed by atoms with E-state index < -0.39 is 0 Å². The van der Waals surface area contributed by atoms with Gasteiger partial charge >= 0.3 is 0 Å². The number of nitrogens with one attached hydrogen (secondary N) is 1. The number of nitrogens with zero attached hydrogens (tertiary/aromatic N) is 1. The predicted molar refractivity (Wildman–Crippen MR) is 106 cm³/mol. The van der Waals surface area contributed by atoms with Gasteiger partial charge in [-0.1, -0.05) is 72.8 Å². The molecule has 1 N–H and O–H groups in total. The molecular weight excluding hydrogens is 324 g/mol. The number of fused-ring (bicyclic) bond motifs is 1. The molecule has 124 valence electrons. The van der Waals surface area contributed by atoms with Crippen molar-refractivity contribution in [2.45, 2.75) is 19.0 Å². The highest BCUT2D eigenvalue weighted by atomic mass is 32.1. The zero-order valence-electron chi connectivity index (χ0n) is 13.9. The van der Waals surface area contributed by atoms with Crippen LogP contribution in [0, 0.1) is 0 Å². The molecule has 0 amide bonds. The first-order valence-electron chi connectivity index (χ1n) is 8.55. The van der Waals surface area contributed by atoms with Crippen molar-refractivity contribution in [3.05, 3.63) is 101 Å². The quantitative estimate of drug-likeness (QED) is 0.508. The zero-order chi connectivity index (χ0) is 16.9. The average molecular weight is 344 g/mol. The van der Waals surface area contributed by atoms with Gasteiger partial charge in [0.1, 0.15) is 5.01 Å². The Labute approximate surface area is 152 Å². The van der Waals surface area contributed by atoms with E-state index in [2.05, 4.69) is 84.2 Å². The van der Waals surface area contributed by atoms with Gasteiger partial charge in [-0.05, 0) is 29.7 Å². The van der Waals surface area contributed by atoms with Gasteiger partial charge in [-0.15, -0.1) is 11.3 Å². The molecule has 1 heterocycles. The van der Waals surface area contributed by atoms with Gasteiger partial charge < -0.3 is 5.32 Å². The largest absolute Gasteiger partial charge is 0.303 e. The van der Waals surface area contributed by atoms with Crippen LogP contribution in [0.25, 0.3) is 10.2 Å². The summed E-state index contributed by atoms with van der Waals surface area (Å²) >= 11 is 1.77. The minimum atomic E-state index is 0.274. The third kappa shape index (κ3) is 3.95. The lowest BCUT2D eigenvalue weighted by molar-refractivity contribution is 0.530. The summed E-state index contributed by atoms with van der Waals surface area (Å²) in [5.74, 6) is 0. The lowest BCUT2D eigenvalue weighted by Gasteiger charge is -2.19. The zero-order valence-corrected chi connectivity index (χ0v) is 14.7. The Hall–Kier alpha value is -2.49. The van der Waals surface area contributed by atoms with E-state index in [1.165, 1.54) is 15.8 Å². The van der Waals surface area contributed by atoms with Gasteiger partial charge in [0, 0.05) is 12.6 Å². The van der Waals surface area contributed by atoms with Crippen molar-refractivity contribution in [1.82, 2.24) is 10.3 Å². The number of rotatable bonds is 6. The summed E-state index contributed by atoms with van der Waals surface area (Å²) in [7, 11) is 0. The van der Waals surface area contributed by atoms with Gasteiger partial charge in [-0.25, -0.2) is 4.98 Å². The smallest absolute Gasteiger partial charge is 0.108 e. The topological polar surface area (TPSA) is 24.9 Å². The van der Waals surface area contributed by atoms with E-state index in [9.17, 15) is 0 Å². The highest BCUT2D eigenvalue weighted by Gasteiger charge is 2.13. The summed E-state index contributed by atoms with van der Waals surface area (Å²) in [4.78, 5) is 4.74. The molecule has 1 unspecified atom stereocenters. The summed E-state index contributed by atoms with van der Waals surface area (Å²) in [5, 5.41) is 4.84. The van der Waals surface area contributed by atoms with Crippen LogP contribution in [0.2, 0.25) is 0 Å². The average Bonchev–Trinajstić information content (AvgIpc) is 3.09. The summed E-state index contributed by atoms with van der Waals surface area (Å²) in [6, 6.07) is 29.9. The van der Waals surface area contributed by atoms with Crippen LogP contribution in [0.5, 0.6) is 0 Å². The van der Waals surface area contributed by atoms with Crippen LogP contribution in [0.15, 0.2) is 84.9 Å². The molecule has 0 saturated heterocycles. The molecule has 4 rings (SSSR count). The van der Waals surface area contributed by atoms with Gasteiger partial charge in [0.25, 0.3) is 0 Å². The Kier molecular flexibility index (Phi) is 4.86. The molecule has 25 heavy (non-hydrogen) atoms. The van der Waals surface area contributed by atoms with Crippen LogP contribution in [0.1, 0.15) is 22.2 Å². The molecule has 0 radical (unpaired) electrons. The minimum absolute atomic E-state index is 0.274. The lowest BCUT2D eigenvalue weighted by atomic mass is 9.99. The van der Waals surface area contributed by atoms with Crippen LogP contribution in [0.4, 0.5) is 0 Å². The molecule has 1 aromatic heterocycles. The summed E-state index contributed by atoms with van der Waals surface area (Å²) in [5.41, 5.74) is 3.74. The van der Waals surface area contributed by atoms with Gasteiger partial charge in [0.2, 0.25) is 0 Å². The second-order valence-corrected chi connectivity index (χ2v) is 7.22. The Morgan fingerprint density at radius 2 is 1.48 bits per heavy atom. The Balaban J connectivity index is 1.53. The number of benzene rings is 3. The Morgan fingerprint density at radius 1 is 0.800 bits per heavy atom. The fourth-order valence-corrected chi connectivity index (χ4v) is 3.97. The predicted octanol–water partition coefficient (Wildman–Crippen LogP) is 5.37. The highest BCUT2D eigenvalue weighted by molar-refractivity contribution is 7.18. The number of aromatic nitrogens is 1. The van der Waals surface area contributed by atoms with E-state index in [0.29, 0.717) is 0 Å². The van der Waals surface area contributed by atoms with Crippen molar-refractivity contribution in [3.63, 3.8) is 0 Å². The summed E-state index contributed by atoms with van der Waals surface area (Å²) in [6.45, 7) is 0.783. The molecule has 0 bridgehead atoms. The van der Waals surface area contributed by atoms with Crippen molar-refractivity contribution < 1.29 is 0 Å². The van der Waals surface area contributed by atoms with E-state index in [1.807, 2.05) is 6.07 Å². The van der Waals surface area contributed by atoms with Gasteiger partial charge in [0.15, 0.2) is 0 Å². The monoisotopic (exact) mass is 344 g/mol. The Bertz CT molecular complexity index is 899. The van der Waals surface area contributed by atoms with Crippen molar-refractivity contribution in [3.8, 4) is 0 Å². The maximum atomic E-state index is 4.74. The standard InChI is InChI=1S/C22H20N2S/c1-3-9-17(10-4-1)15-20(18-11-5-2-6-12-18)23-16-22-24-19-13-7-8-14-21(19)25-22/h1-14,20,23H,15-16H2.